The molecule has 8 nitrogen and oxygen atoms in total. The smallest absolute Gasteiger partial charge is 0.329 e. The maximum absolute atomic E-state index is 11.4. The lowest BCUT2D eigenvalue weighted by Gasteiger charge is -2.26. The van der Waals surface area contributed by atoms with Crippen molar-refractivity contribution in [2.75, 3.05) is 5.32 Å². The summed E-state index contributed by atoms with van der Waals surface area (Å²) < 4.78 is 0. The van der Waals surface area contributed by atoms with Crippen molar-refractivity contribution >= 4 is 17.5 Å². The van der Waals surface area contributed by atoms with Crippen LogP contribution in [0.2, 0.25) is 0 Å². The Morgan fingerprint density at radius 3 is 2.80 bits per heavy atom. The van der Waals surface area contributed by atoms with Gasteiger partial charge in [0.2, 0.25) is 5.82 Å². The molecule has 20 heavy (non-hydrogen) atoms. The zero-order valence-corrected chi connectivity index (χ0v) is 10.7. The highest BCUT2D eigenvalue weighted by Gasteiger charge is 2.48. The van der Waals surface area contributed by atoms with Gasteiger partial charge in [-0.2, -0.15) is 5.26 Å². The van der Waals surface area contributed by atoms with Crippen molar-refractivity contribution in [1.29, 1.82) is 5.26 Å². The van der Waals surface area contributed by atoms with E-state index in [1.807, 2.05) is 0 Å². The van der Waals surface area contributed by atoms with Gasteiger partial charge in [0.25, 0.3) is 0 Å². The molecule has 0 amide bonds. The number of nitro groups is 1. The first kappa shape index (κ1) is 13.7. The number of aromatic nitrogens is 1. The van der Waals surface area contributed by atoms with E-state index in [2.05, 4.69) is 10.3 Å². The summed E-state index contributed by atoms with van der Waals surface area (Å²) in [5.41, 5.74) is -1.66. The molecule has 0 saturated heterocycles. The van der Waals surface area contributed by atoms with E-state index in [1.165, 1.54) is 13.1 Å². The number of pyridine rings is 1. The van der Waals surface area contributed by atoms with E-state index in [0.717, 1.165) is 18.9 Å². The molecule has 1 unspecified atom stereocenters. The summed E-state index contributed by atoms with van der Waals surface area (Å²) in [5.74, 6) is -1.30. The fourth-order valence-corrected chi connectivity index (χ4v) is 1.99. The van der Waals surface area contributed by atoms with E-state index in [-0.39, 0.29) is 17.3 Å². The van der Waals surface area contributed by atoms with Crippen molar-refractivity contribution in [1.82, 2.24) is 4.98 Å². The molecular weight excluding hydrogens is 264 g/mol. The maximum atomic E-state index is 11.4. The second kappa shape index (κ2) is 4.77. The summed E-state index contributed by atoms with van der Waals surface area (Å²) in [4.78, 5) is 25.5. The fourth-order valence-electron chi connectivity index (χ4n) is 1.99. The molecule has 1 fully saturated rings. The third-order valence-corrected chi connectivity index (χ3v) is 3.41. The van der Waals surface area contributed by atoms with Crippen LogP contribution in [0.25, 0.3) is 0 Å². The third kappa shape index (κ3) is 2.38. The van der Waals surface area contributed by atoms with Gasteiger partial charge in [0.15, 0.2) is 0 Å². The van der Waals surface area contributed by atoms with E-state index >= 15 is 0 Å². The van der Waals surface area contributed by atoms with Crippen LogP contribution in [0.3, 0.4) is 0 Å². The van der Waals surface area contributed by atoms with Gasteiger partial charge >= 0.3 is 11.7 Å². The van der Waals surface area contributed by atoms with E-state index in [0.29, 0.717) is 0 Å². The number of nitriles is 1. The Morgan fingerprint density at radius 1 is 1.70 bits per heavy atom. The van der Waals surface area contributed by atoms with Gasteiger partial charge in [0.05, 0.1) is 10.5 Å². The molecule has 1 aliphatic carbocycles. The molecule has 1 heterocycles. The Balaban J connectivity index is 2.40. The lowest BCUT2D eigenvalue weighted by Crippen LogP contribution is -2.46. The number of anilines is 1. The monoisotopic (exact) mass is 276 g/mol. The molecule has 2 rings (SSSR count). The summed E-state index contributed by atoms with van der Waals surface area (Å²) in [7, 11) is 0. The Hall–Kier alpha value is -2.69. The summed E-state index contributed by atoms with van der Waals surface area (Å²) in [6, 6.07) is 2.83. The molecule has 8 heteroatoms. The standard InChI is InChI=1S/C12H12N4O4/c1-12(11(17)18,8-2-3-8)15-10-9(16(19)20)4-7(5-13)6-14-10/h4,6,8H,2-3H2,1H3,(H,14,15)(H,17,18). The van der Waals surface area contributed by atoms with Crippen LogP contribution in [0.4, 0.5) is 11.5 Å². The van der Waals surface area contributed by atoms with Crippen LogP contribution in [0.5, 0.6) is 0 Å². The van der Waals surface area contributed by atoms with Crippen LogP contribution in [-0.2, 0) is 4.79 Å². The fraction of sp³-hybridized carbons (Fsp3) is 0.417. The number of rotatable bonds is 5. The minimum Gasteiger partial charge on any atom is -0.480 e. The Labute approximate surface area is 114 Å². The second-order valence-electron chi connectivity index (χ2n) is 4.87. The molecule has 0 aromatic carbocycles. The number of nitrogens with zero attached hydrogens (tertiary/aromatic N) is 3. The first-order valence-corrected chi connectivity index (χ1v) is 5.94. The van der Waals surface area contributed by atoms with Crippen molar-refractivity contribution < 1.29 is 14.8 Å². The molecule has 1 aromatic rings. The molecule has 1 atom stereocenters. The molecular formula is C12H12N4O4. The lowest BCUT2D eigenvalue weighted by atomic mass is 9.96. The van der Waals surface area contributed by atoms with Gasteiger partial charge in [0.1, 0.15) is 11.6 Å². The number of hydrogen-bond donors (Lipinski definition) is 2. The van der Waals surface area contributed by atoms with Gasteiger partial charge in [-0.1, -0.05) is 0 Å². The van der Waals surface area contributed by atoms with Crippen LogP contribution in [0.15, 0.2) is 12.3 Å². The quantitative estimate of drug-likeness (QED) is 0.616. The molecule has 0 aliphatic heterocycles. The zero-order chi connectivity index (χ0) is 14.9. The minimum atomic E-state index is -1.30. The van der Waals surface area contributed by atoms with E-state index in [4.69, 9.17) is 5.26 Å². The average Bonchev–Trinajstić information content (AvgIpc) is 3.23. The second-order valence-corrected chi connectivity index (χ2v) is 4.87. The Morgan fingerprint density at radius 2 is 2.35 bits per heavy atom. The molecule has 1 saturated carbocycles. The SMILES string of the molecule is CC(Nc1ncc(C#N)cc1[N+](=O)[O-])(C(=O)O)C1CC1. The van der Waals surface area contributed by atoms with Crippen LogP contribution in [0.1, 0.15) is 25.3 Å². The van der Waals surface area contributed by atoms with Crippen molar-refractivity contribution in [3.05, 3.63) is 27.9 Å². The number of carbonyl (C=O) groups is 1. The number of carboxylic acids is 1. The number of aliphatic carboxylic acids is 1. The normalized spacial score (nSPS) is 16.8. The predicted molar refractivity (Wildman–Crippen MR) is 68.0 cm³/mol. The number of carboxylic acid groups (broad SMARTS) is 1. The van der Waals surface area contributed by atoms with Gasteiger partial charge in [-0.15, -0.1) is 0 Å². The van der Waals surface area contributed by atoms with Crippen LogP contribution >= 0.6 is 0 Å². The van der Waals surface area contributed by atoms with Gasteiger partial charge in [-0.3, -0.25) is 10.1 Å². The van der Waals surface area contributed by atoms with Crippen molar-refractivity contribution in [3.8, 4) is 6.07 Å². The third-order valence-electron chi connectivity index (χ3n) is 3.41. The van der Waals surface area contributed by atoms with E-state index in [9.17, 15) is 20.0 Å². The van der Waals surface area contributed by atoms with Gasteiger partial charge in [-0.25, -0.2) is 9.78 Å². The van der Waals surface area contributed by atoms with Gasteiger partial charge in [-0.05, 0) is 25.7 Å². The predicted octanol–water partition coefficient (Wildman–Crippen LogP) is 1.53. The maximum Gasteiger partial charge on any atom is 0.329 e. The van der Waals surface area contributed by atoms with Gasteiger partial charge < -0.3 is 10.4 Å². The molecule has 0 spiro atoms. The largest absolute Gasteiger partial charge is 0.480 e. The lowest BCUT2D eigenvalue weighted by molar-refractivity contribution is -0.384. The highest BCUT2D eigenvalue weighted by molar-refractivity contribution is 5.84. The highest BCUT2D eigenvalue weighted by Crippen LogP contribution is 2.42. The summed E-state index contributed by atoms with van der Waals surface area (Å²) in [5, 5.41) is 31.7. The van der Waals surface area contributed by atoms with Crippen molar-refractivity contribution in [3.63, 3.8) is 0 Å². The summed E-state index contributed by atoms with van der Waals surface area (Å²) >= 11 is 0. The van der Waals surface area contributed by atoms with Crippen LogP contribution < -0.4 is 5.32 Å². The summed E-state index contributed by atoms with van der Waals surface area (Å²) in [6.45, 7) is 1.48. The first-order valence-electron chi connectivity index (χ1n) is 5.94. The molecule has 1 aromatic heterocycles. The van der Waals surface area contributed by atoms with Crippen LogP contribution in [0, 0.1) is 27.4 Å². The molecule has 0 radical (unpaired) electrons. The average molecular weight is 276 g/mol. The highest BCUT2D eigenvalue weighted by atomic mass is 16.6. The van der Waals surface area contributed by atoms with Crippen LogP contribution in [-0.4, -0.2) is 26.5 Å². The van der Waals surface area contributed by atoms with E-state index in [1.54, 1.807) is 6.07 Å². The van der Waals surface area contributed by atoms with E-state index < -0.39 is 22.1 Å². The minimum absolute atomic E-state index is 0.0469. The van der Waals surface area contributed by atoms with Crippen molar-refractivity contribution in [2.24, 2.45) is 5.92 Å². The summed E-state index contributed by atoms with van der Waals surface area (Å²) in [6.07, 6.45) is 2.67. The van der Waals surface area contributed by atoms with Crippen molar-refractivity contribution in [2.45, 2.75) is 25.3 Å². The topological polar surface area (TPSA) is 129 Å². The molecule has 0 bridgehead atoms. The molecule has 104 valence electrons. The number of nitrogens with one attached hydrogen (secondary N) is 1. The van der Waals surface area contributed by atoms with Gasteiger partial charge in [0, 0.05) is 12.3 Å². The zero-order valence-electron chi connectivity index (χ0n) is 10.7. The Bertz CT molecular complexity index is 620. The Kier molecular flexibility index (Phi) is 3.28. The molecule has 2 N–H and O–H groups in total. The molecule has 1 aliphatic rings. The first-order chi connectivity index (χ1) is 9.38. The number of hydrogen-bond acceptors (Lipinski definition) is 6.